The normalized spacial score (nSPS) is 13.0. The van der Waals surface area contributed by atoms with E-state index < -0.39 is 29.4 Å². The molecule has 0 radical (unpaired) electrons. The van der Waals surface area contributed by atoms with Gasteiger partial charge in [-0.1, -0.05) is 32.0 Å². The second kappa shape index (κ2) is 9.60. The van der Waals surface area contributed by atoms with Crippen LogP contribution in [0.15, 0.2) is 51.8 Å². The molecule has 0 saturated carbocycles. The first-order valence-electron chi connectivity index (χ1n) is 10.1. The Bertz CT molecular complexity index is 1130. The van der Waals surface area contributed by atoms with Crippen LogP contribution in [0.2, 0.25) is 0 Å². The lowest BCUT2D eigenvalue weighted by Gasteiger charge is -2.17. The van der Waals surface area contributed by atoms with Crippen LogP contribution in [0.4, 0.5) is 13.2 Å². The number of fused-ring (bicyclic) bond motifs is 1. The van der Waals surface area contributed by atoms with Crippen LogP contribution in [-0.2, 0) is 33.4 Å². The Hall–Kier alpha value is -3.07. The second-order valence-corrected chi connectivity index (χ2v) is 7.90. The van der Waals surface area contributed by atoms with Crippen molar-refractivity contribution in [2.45, 2.75) is 39.1 Å². The molecule has 0 spiro atoms. The summed E-state index contributed by atoms with van der Waals surface area (Å²) in [6, 6.07) is 9.51. The number of carbonyl (C=O) groups is 1. The van der Waals surface area contributed by atoms with E-state index in [9.17, 15) is 22.8 Å². The molecule has 3 aromatic rings. The standard InChI is InChI=1S/C23H24F3NO5/c1-14(2)13-31-20(22(29)30-3)11-16-6-9-19-18(10-16)21(28)27(32-19)12-15-4-7-17(8-5-15)23(24,25)26/h4-10,14,20H,11-13H2,1-3H3. The second-order valence-electron chi connectivity index (χ2n) is 7.90. The van der Waals surface area contributed by atoms with E-state index in [1.54, 1.807) is 18.2 Å². The molecule has 3 rings (SSSR count). The fraction of sp³-hybridized carbons (Fsp3) is 0.391. The summed E-state index contributed by atoms with van der Waals surface area (Å²) in [7, 11) is 1.28. The molecular formula is C23H24F3NO5. The van der Waals surface area contributed by atoms with Gasteiger partial charge in [0, 0.05) is 6.42 Å². The smallest absolute Gasteiger partial charge is 0.416 e. The van der Waals surface area contributed by atoms with E-state index in [2.05, 4.69) is 0 Å². The number of esters is 1. The number of hydrogen-bond acceptors (Lipinski definition) is 5. The number of ether oxygens (including phenoxy) is 2. The minimum Gasteiger partial charge on any atom is -0.467 e. The average Bonchev–Trinajstić information content (AvgIpc) is 3.05. The van der Waals surface area contributed by atoms with Crippen molar-refractivity contribution in [3.63, 3.8) is 0 Å². The number of methoxy groups -OCH3 is 1. The molecule has 6 nitrogen and oxygen atoms in total. The van der Waals surface area contributed by atoms with Gasteiger partial charge in [-0.25, -0.2) is 4.79 Å². The van der Waals surface area contributed by atoms with E-state index >= 15 is 0 Å². The van der Waals surface area contributed by atoms with Crippen molar-refractivity contribution in [1.29, 1.82) is 0 Å². The SMILES string of the molecule is COC(=O)C(Cc1ccc2on(Cc3ccc(C(F)(F)F)cc3)c(=O)c2c1)OCC(C)C. The third-order valence-electron chi connectivity index (χ3n) is 4.83. The molecular weight excluding hydrogens is 427 g/mol. The highest BCUT2D eigenvalue weighted by Gasteiger charge is 2.30. The van der Waals surface area contributed by atoms with Crippen LogP contribution >= 0.6 is 0 Å². The molecule has 2 aromatic carbocycles. The van der Waals surface area contributed by atoms with Gasteiger partial charge in [-0.3, -0.25) is 4.79 Å². The molecule has 0 bridgehead atoms. The Morgan fingerprint density at radius 1 is 1.09 bits per heavy atom. The lowest BCUT2D eigenvalue weighted by Crippen LogP contribution is -2.29. The maximum atomic E-state index is 12.8. The van der Waals surface area contributed by atoms with Crippen molar-refractivity contribution in [2.24, 2.45) is 5.92 Å². The van der Waals surface area contributed by atoms with Crippen LogP contribution in [0.25, 0.3) is 11.0 Å². The highest BCUT2D eigenvalue weighted by atomic mass is 19.4. The number of alkyl halides is 3. The Morgan fingerprint density at radius 3 is 2.34 bits per heavy atom. The van der Waals surface area contributed by atoms with Gasteiger partial charge in [0.1, 0.15) is 0 Å². The summed E-state index contributed by atoms with van der Waals surface area (Å²) in [5.74, 6) is -0.270. The summed E-state index contributed by atoms with van der Waals surface area (Å²) in [5, 5.41) is 0.307. The van der Waals surface area contributed by atoms with Gasteiger partial charge in [0.15, 0.2) is 11.7 Å². The molecule has 1 unspecified atom stereocenters. The minimum absolute atomic E-state index is 0.0106. The van der Waals surface area contributed by atoms with Crippen molar-refractivity contribution >= 4 is 16.9 Å². The molecule has 0 aliphatic heterocycles. The Kier molecular flexibility index (Phi) is 7.08. The summed E-state index contributed by atoms with van der Waals surface area (Å²) < 4.78 is 55.3. The van der Waals surface area contributed by atoms with E-state index in [-0.39, 0.29) is 18.9 Å². The van der Waals surface area contributed by atoms with Crippen LogP contribution in [0.3, 0.4) is 0 Å². The van der Waals surface area contributed by atoms with Crippen molar-refractivity contribution in [3.8, 4) is 0 Å². The van der Waals surface area contributed by atoms with Crippen molar-refractivity contribution in [1.82, 2.24) is 4.74 Å². The monoisotopic (exact) mass is 451 g/mol. The number of rotatable bonds is 8. The van der Waals surface area contributed by atoms with Gasteiger partial charge in [0.2, 0.25) is 0 Å². The quantitative estimate of drug-likeness (QED) is 0.474. The van der Waals surface area contributed by atoms with Crippen molar-refractivity contribution < 1.29 is 32.0 Å². The van der Waals surface area contributed by atoms with E-state index in [4.69, 9.17) is 14.0 Å². The number of hydrogen-bond donors (Lipinski definition) is 0. The van der Waals surface area contributed by atoms with E-state index in [0.29, 0.717) is 28.7 Å². The van der Waals surface area contributed by atoms with Gasteiger partial charge in [-0.2, -0.15) is 17.9 Å². The zero-order valence-electron chi connectivity index (χ0n) is 17.9. The summed E-state index contributed by atoms with van der Waals surface area (Å²) in [6.45, 7) is 4.30. The van der Waals surface area contributed by atoms with E-state index in [0.717, 1.165) is 16.9 Å². The molecule has 1 aromatic heterocycles. The highest BCUT2D eigenvalue weighted by Crippen LogP contribution is 2.29. The first kappa shape index (κ1) is 23.6. The Balaban J connectivity index is 1.81. The van der Waals surface area contributed by atoms with Gasteiger partial charge < -0.3 is 14.0 Å². The summed E-state index contributed by atoms with van der Waals surface area (Å²) >= 11 is 0. The fourth-order valence-electron chi connectivity index (χ4n) is 3.18. The van der Waals surface area contributed by atoms with Crippen molar-refractivity contribution in [2.75, 3.05) is 13.7 Å². The number of halogens is 3. The number of nitrogens with zero attached hydrogens (tertiary/aromatic N) is 1. The van der Waals surface area contributed by atoms with Gasteiger partial charge in [0.25, 0.3) is 5.56 Å². The highest BCUT2D eigenvalue weighted by molar-refractivity contribution is 5.78. The molecule has 0 saturated heterocycles. The van der Waals surface area contributed by atoms with E-state index in [1.165, 1.54) is 19.2 Å². The maximum Gasteiger partial charge on any atom is 0.416 e. The zero-order chi connectivity index (χ0) is 23.5. The molecule has 172 valence electrons. The average molecular weight is 451 g/mol. The van der Waals surface area contributed by atoms with Crippen LogP contribution < -0.4 is 5.56 Å². The zero-order valence-corrected chi connectivity index (χ0v) is 17.9. The summed E-state index contributed by atoms with van der Waals surface area (Å²) in [4.78, 5) is 24.8. The van der Waals surface area contributed by atoms with Crippen molar-refractivity contribution in [3.05, 3.63) is 69.5 Å². The first-order chi connectivity index (χ1) is 15.1. The predicted molar refractivity (Wildman–Crippen MR) is 111 cm³/mol. The maximum absolute atomic E-state index is 12.8. The van der Waals surface area contributed by atoms with Crippen LogP contribution in [0, 0.1) is 5.92 Å². The first-order valence-corrected chi connectivity index (χ1v) is 10.1. The number of carbonyl (C=O) groups excluding carboxylic acids is 1. The summed E-state index contributed by atoms with van der Waals surface area (Å²) in [5.41, 5.74) is 0.342. The Labute approximate surface area is 182 Å². The summed E-state index contributed by atoms with van der Waals surface area (Å²) in [6.07, 6.45) is -5.01. The lowest BCUT2D eigenvalue weighted by molar-refractivity contribution is -0.154. The van der Waals surface area contributed by atoms with Crippen LogP contribution in [0.5, 0.6) is 0 Å². The largest absolute Gasteiger partial charge is 0.467 e. The molecule has 0 aliphatic rings. The molecule has 1 heterocycles. The number of aromatic nitrogens is 1. The molecule has 0 amide bonds. The number of benzene rings is 2. The molecule has 32 heavy (non-hydrogen) atoms. The third-order valence-corrected chi connectivity index (χ3v) is 4.83. The van der Waals surface area contributed by atoms with Gasteiger partial charge in [-0.15, -0.1) is 0 Å². The predicted octanol–water partition coefficient (Wildman–Crippen LogP) is 4.42. The molecule has 0 fully saturated rings. The van der Waals surface area contributed by atoms with E-state index in [1.807, 2.05) is 13.8 Å². The third kappa shape index (κ3) is 5.59. The Morgan fingerprint density at radius 2 is 1.75 bits per heavy atom. The molecule has 9 heteroatoms. The molecule has 0 aliphatic carbocycles. The molecule has 0 N–H and O–H groups in total. The van der Waals surface area contributed by atoms with Crippen LogP contribution in [-0.4, -0.2) is 30.5 Å². The topological polar surface area (TPSA) is 70.7 Å². The molecule has 1 atom stereocenters. The minimum atomic E-state index is -4.42. The lowest BCUT2D eigenvalue weighted by atomic mass is 10.1. The van der Waals surface area contributed by atoms with Gasteiger partial charge in [0.05, 0.1) is 31.2 Å². The van der Waals surface area contributed by atoms with Crippen LogP contribution in [0.1, 0.15) is 30.5 Å². The fourth-order valence-corrected chi connectivity index (χ4v) is 3.18. The van der Waals surface area contributed by atoms with Gasteiger partial charge >= 0.3 is 12.1 Å². The van der Waals surface area contributed by atoms with Gasteiger partial charge in [-0.05, 0) is 41.3 Å².